The number of aromatic nitrogens is 1. The molecule has 0 aromatic carbocycles. The molecule has 1 rings (SSSR count). The molecule has 0 amide bonds. The highest BCUT2D eigenvalue weighted by Gasteiger charge is 2.03. The lowest BCUT2D eigenvalue weighted by Crippen LogP contribution is -1.89. The molecule has 10 heavy (non-hydrogen) atoms. The zero-order valence-corrected chi connectivity index (χ0v) is 7.04. The van der Waals surface area contributed by atoms with Crippen molar-refractivity contribution in [1.29, 1.82) is 0 Å². The summed E-state index contributed by atoms with van der Waals surface area (Å²) in [5.41, 5.74) is -0.288. The topological polar surface area (TPSA) is 22.1 Å². The summed E-state index contributed by atoms with van der Waals surface area (Å²) >= 11 is 3.68. The Morgan fingerprint density at radius 3 is 3.50 bits per heavy atom. The molecule has 1 aromatic rings. The lowest BCUT2D eigenvalue weighted by molar-refractivity contribution is 0.338. The van der Waals surface area contributed by atoms with Crippen LogP contribution in [0.3, 0.4) is 0 Å². The lowest BCUT2D eigenvalue weighted by atomic mass is 10.6. The van der Waals surface area contributed by atoms with Gasteiger partial charge in [0.2, 0.25) is 0 Å². The van der Waals surface area contributed by atoms with Gasteiger partial charge in [-0.05, 0) is 29.6 Å². The lowest BCUT2D eigenvalue weighted by Gasteiger charge is -1.92. The molecule has 2 nitrogen and oxygen atoms in total. The van der Waals surface area contributed by atoms with E-state index in [1.165, 1.54) is 0 Å². The fraction of sp³-hybridized carbons (Fsp3) is 0.500. The van der Waals surface area contributed by atoms with Crippen LogP contribution in [0, 0.1) is 6.85 Å². The van der Waals surface area contributed by atoms with E-state index < -0.39 is 20.3 Å². The molecule has 0 fully saturated rings. The van der Waals surface area contributed by atoms with Crippen molar-refractivity contribution < 1.29 is 15.7 Å². The van der Waals surface area contributed by atoms with Crippen LogP contribution in [0.25, 0.3) is 0 Å². The second-order valence-corrected chi connectivity index (χ2v) is 3.59. The van der Waals surface area contributed by atoms with Crippen LogP contribution in [0.1, 0.15) is 23.5 Å². The van der Waals surface area contributed by atoms with Crippen molar-refractivity contribution in [2.45, 2.75) is 13.7 Å². The first kappa shape index (κ1) is 2.45. The SMILES string of the molecule is [2H]C([2H])([2H])c1nc(OC([2H])([2H])C([2H])([2H])[2H])sc1Br. The van der Waals surface area contributed by atoms with Gasteiger partial charge in [-0.25, -0.2) is 4.98 Å². The number of hydrogen-bond acceptors (Lipinski definition) is 3. The van der Waals surface area contributed by atoms with Crippen LogP contribution in [0.2, 0.25) is 0 Å². The number of nitrogens with zero attached hydrogens (tertiary/aromatic N) is 1. The maximum Gasteiger partial charge on any atom is 0.274 e. The fourth-order valence-electron chi connectivity index (χ4n) is 0.370. The summed E-state index contributed by atoms with van der Waals surface area (Å²) in [4.78, 5) is 3.58. The van der Waals surface area contributed by atoms with Crippen LogP contribution in [-0.2, 0) is 0 Å². The second-order valence-electron chi connectivity index (χ2n) is 1.31. The summed E-state index contributed by atoms with van der Waals surface area (Å²) in [7, 11) is 0. The molecule has 0 unspecified atom stereocenters. The summed E-state index contributed by atoms with van der Waals surface area (Å²) < 4.78 is 61.6. The zero-order chi connectivity index (χ0) is 14.4. The predicted molar refractivity (Wildman–Crippen MR) is 45.7 cm³/mol. The third-order valence-corrected chi connectivity index (χ3v) is 2.29. The van der Waals surface area contributed by atoms with Crippen molar-refractivity contribution >= 4 is 27.3 Å². The Morgan fingerprint density at radius 2 is 2.90 bits per heavy atom. The Hall–Kier alpha value is -0.0900. The molecule has 0 spiro atoms. The average molecular weight is 230 g/mol. The molecule has 0 saturated heterocycles. The van der Waals surface area contributed by atoms with Gasteiger partial charge in [-0.15, -0.1) is 0 Å². The van der Waals surface area contributed by atoms with E-state index in [-0.39, 0.29) is 14.7 Å². The van der Waals surface area contributed by atoms with Gasteiger partial charge in [-0.1, -0.05) is 11.3 Å². The van der Waals surface area contributed by atoms with Gasteiger partial charge in [-0.3, -0.25) is 0 Å². The minimum absolute atomic E-state index is 0.152. The quantitative estimate of drug-likeness (QED) is 0.779. The van der Waals surface area contributed by atoms with Crippen molar-refractivity contribution in [2.75, 3.05) is 6.56 Å². The summed E-state index contributed by atoms with van der Waals surface area (Å²) in [6.07, 6.45) is 0. The molecule has 0 saturated carbocycles. The molecule has 0 aliphatic rings. The molecular formula is C6H8BrNOS. The van der Waals surface area contributed by atoms with E-state index in [2.05, 4.69) is 25.7 Å². The van der Waals surface area contributed by atoms with Crippen molar-refractivity contribution in [3.63, 3.8) is 0 Å². The third-order valence-electron chi connectivity index (χ3n) is 0.705. The minimum atomic E-state index is -2.99. The Labute approximate surface area is 83.6 Å². The molecule has 0 atom stereocenters. The van der Waals surface area contributed by atoms with Gasteiger partial charge < -0.3 is 4.74 Å². The predicted octanol–water partition coefficient (Wildman–Crippen LogP) is 2.61. The number of rotatable bonds is 2. The van der Waals surface area contributed by atoms with E-state index in [0.29, 0.717) is 0 Å². The van der Waals surface area contributed by atoms with Gasteiger partial charge in [0.15, 0.2) is 0 Å². The van der Waals surface area contributed by atoms with Crippen LogP contribution in [-0.4, -0.2) is 11.5 Å². The molecule has 1 heterocycles. The Bertz CT molecular complexity index is 438. The van der Waals surface area contributed by atoms with Crippen LogP contribution < -0.4 is 4.74 Å². The molecule has 0 bridgehead atoms. The van der Waals surface area contributed by atoms with E-state index in [0.717, 1.165) is 11.3 Å². The van der Waals surface area contributed by atoms with Crippen molar-refractivity contribution in [3.05, 3.63) is 9.48 Å². The molecular weight excluding hydrogens is 214 g/mol. The van der Waals surface area contributed by atoms with E-state index >= 15 is 0 Å². The maximum absolute atomic E-state index is 7.24. The Balaban J connectivity index is 3.02. The molecule has 56 valence electrons. The van der Waals surface area contributed by atoms with Crippen molar-refractivity contribution in [1.82, 2.24) is 4.98 Å². The largest absolute Gasteiger partial charge is 0.470 e. The van der Waals surface area contributed by atoms with Gasteiger partial charge in [0, 0.05) is 8.22 Å². The Kier molecular flexibility index (Phi) is 0.820. The average Bonchev–Trinajstić information content (AvgIpc) is 2.42. The normalized spacial score (nSPS) is 25.7. The standard InChI is InChI=1S/C6H8BrNOS/c1-3-9-6-8-4(2)5(7)10-6/h3H2,1-2H3/i1D3,2D3,3D2. The van der Waals surface area contributed by atoms with E-state index in [9.17, 15) is 0 Å². The number of halogens is 1. The van der Waals surface area contributed by atoms with Crippen LogP contribution >= 0.6 is 27.3 Å². The fourth-order valence-corrected chi connectivity index (χ4v) is 1.39. The number of ether oxygens (including phenoxy) is 1. The summed E-state index contributed by atoms with van der Waals surface area (Å²) in [5.74, 6) is 0. The first-order valence-corrected chi connectivity index (χ1v) is 3.81. The van der Waals surface area contributed by atoms with Gasteiger partial charge in [-0.2, -0.15) is 0 Å². The number of hydrogen-bond donors (Lipinski definition) is 0. The van der Waals surface area contributed by atoms with Crippen LogP contribution in [0.15, 0.2) is 3.79 Å². The first-order chi connectivity index (χ1) is 7.84. The minimum Gasteiger partial charge on any atom is -0.470 e. The summed E-state index contributed by atoms with van der Waals surface area (Å²) in [6.45, 7) is -8.41. The van der Waals surface area contributed by atoms with E-state index in [4.69, 9.17) is 11.0 Å². The van der Waals surface area contributed by atoms with Crippen molar-refractivity contribution in [2.24, 2.45) is 0 Å². The van der Waals surface area contributed by atoms with Gasteiger partial charge in [0.25, 0.3) is 5.19 Å². The highest BCUT2D eigenvalue weighted by Crippen LogP contribution is 2.29. The van der Waals surface area contributed by atoms with E-state index in [1.54, 1.807) is 0 Å². The molecule has 0 aliphatic carbocycles. The van der Waals surface area contributed by atoms with Crippen LogP contribution in [0.5, 0.6) is 5.19 Å². The number of aryl methyl sites for hydroxylation is 1. The van der Waals surface area contributed by atoms with E-state index in [1.807, 2.05) is 0 Å². The summed E-state index contributed by atoms with van der Waals surface area (Å²) in [5, 5.41) is -0.353. The maximum atomic E-state index is 7.24. The number of thiazole rings is 1. The molecule has 1 aromatic heterocycles. The molecule has 0 N–H and O–H groups in total. The molecule has 0 radical (unpaired) electrons. The smallest absolute Gasteiger partial charge is 0.274 e. The van der Waals surface area contributed by atoms with Gasteiger partial charge in [0.1, 0.15) is 0 Å². The summed E-state index contributed by atoms with van der Waals surface area (Å²) in [6, 6.07) is 0. The third kappa shape index (κ3) is 1.70. The molecule has 4 heteroatoms. The highest BCUT2D eigenvalue weighted by atomic mass is 79.9. The molecule has 0 aliphatic heterocycles. The zero-order valence-electron chi connectivity index (χ0n) is 12.6. The first-order valence-electron chi connectivity index (χ1n) is 6.20. The van der Waals surface area contributed by atoms with Crippen LogP contribution in [0.4, 0.5) is 0 Å². The van der Waals surface area contributed by atoms with Crippen molar-refractivity contribution in [3.8, 4) is 5.19 Å². The van der Waals surface area contributed by atoms with Gasteiger partial charge in [0.05, 0.1) is 18.8 Å². The monoisotopic (exact) mass is 229 g/mol. The Morgan fingerprint density at radius 1 is 2.00 bits per heavy atom. The van der Waals surface area contributed by atoms with Gasteiger partial charge >= 0.3 is 0 Å². The second kappa shape index (κ2) is 3.34. The highest BCUT2D eigenvalue weighted by molar-refractivity contribution is 9.11.